The van der Waals surface area contributed by atoms with Crippen LogP contribution in [0.2, 0.25) is 0 Å². The third kappa shape index (κ3) is 6.28. The summed E-state index contributed by atoms with van der Waals surface area (Å²) in [6.45, 7) is 5.28. The molecule has 0 saturated heterocycles. The molecule has 0 aliphatic rings. The lowest BCUT2D eigenvalue weighted by atomic mass is 10.3. The van der Waals surface area contributed by atoms with E-state index < -0.39 is 0 Å². The standard InChI is InChI=1S/C12H21N3OS/c1-3-16-7-4-6-14-12(13-2)15-9-11-5-8-17-10-11/h5,8,10H,3-4,6-7,9H2,1-2H3,(H2,13,14,15). The summed E-state index contributed by atoms with van der Waals surface area (Å²) in [5, 5.41) is 10.7. The van der Waals surface area contributed by atoms with Crippen LogP contribution in [0.15, 0.2) is 21.8 Å². The second kappa shape index (κ2) is 9.01. The van der Waals surface area contributed by atoms with Gasteiger partial charge >= 0.3 is 0 Å². The van der Waals surface area contributed by atoms with Gasteiger partial charge in [-0.1, -0.05) is 0 Å². The Hall–Kier alpha value is -1.07. The highest BCUT2D eigenvalue weighted by atomic mass is 32.1. The molecule has 5 heteroatoms. The predicted octanol–water partition coefficient (Wildman–Crippen LogP) is 1.84. The summed E-state index contributed by atoms with van der Waals surface area (Å²) in [6, 6.07) is 2.11. The molecule has 0 fully saturated rings. The number of ether oxygens (including phenoxy) is 1. The van der Waals surface area contributed by atoms with Crippen LogP contribution in [0.3, 0.4) is 0 Å². The van der Waals surface area contributed by atoms with Crippen molar-refractivity contribution in [2.24, 2.45) is 4.99 Å². The van der Waals surface area contributed by atoms with Crippen molar-refractivity contribution >= 4 is 17.3 Å². The molecule has 2 N–H and O–H groups in total. The van der Waals surface area contributed by atoms with E-state index in [1.807, 2.05) is 6.92 Å². The van der Waals surface area contributed by atoms with Crippen molar-refractivity contribution in [1.82, 2.24) is 10.6 Å². The molecule has 1 heterocycles. The number of guanidine groups is 1. The van der Waals surface area contributed by atoms with Gasteiger partial charge in [-0.25, -0.2) is 0 Å². The molecule has 0 bridgehead atoms. The van der Waals surface area contributed by atoms with Gasteiger partial charge in [0.2, 0.25) is 0 Å². The highest BCUT2D eigenvalue weighted by Gasteiger charge is 1.97. The SMILES string of the molecule is CCOCCCNC(=NC)NCc1ccsc1. The number of thiophene rings is 1. The van der Waals surface area contributed by atoms with Gasteiger partial charge in [0.05, 0.1) is 0 Å². The Morgan fingerprint density at radius 1 is 1.47 bits per heavy atom. The van der Waals surface area contributed by atoms with Gasteiger partial charge in [-0.2, -0.15) is 11.3 Å². The molecule has 96 valence electrons. The van der Waals surface area contributed by atoms with Crippen LogP contribution >= 0.6 is 11.3 Å². The highest BCUT2D eigenvalue weighted by Crippen LogP contribution is 2.04. The summed E-state index contributed by atoms with van der Waals surface area (Å²) in [5.41, 5.74) is 1.28. The van der Waals surface area contributed by atoms with Crippen LogP contribution < -0.4 is 10.6 Å². The van der Waals surface area contributed by atoms with Gasteiger partial charge in [-0.05, 0) is 35.7 Å². The van der Waals surface area contributed by atoms with Crippen LogP contribution in [0.4, 0.5) is 0 Å². The number of nitrogens with zero attached hydrogens (tertiary/aromatic N) is 1. The second-order valence-corrected chi connectivity index (χ2v) is 4.31. The van der Waals surface area contributed by atoms with E-state index in [0.717, 1.165) is 38.7 Å². The minimum atomic E-state index is 0.783. The van der Waals surface area contributed by atoms with Gasteiger partial charge in [-0.3, -0.25) is 4.99 Å². The molecule has 0 radical (unpaired) electrons. The van der Waals surface area contributed by atoms with Gasteiger partial charge in [0.15, 0.2) is 5.96 Å². The lowest BCUT2D eigenvalue weighted by Crippen LogP contribution is -2.37. The molecule has 1 rings (SSSR count). The maximum absolute atomic E-state index is 5.27. The summed E-state index contributed by atoms with van der Waals surface area (Å²) in [7, 11) is 1.78. The topological polar surface area (TPSA) is 45.6 Å². The normalized spacial score (nSPS) is 11.5. The van der Waals surface area contributed by atoms with Crippen molar-refractivity contribution in [2.45, 2.75) is 19.9 Å². The fourth-order valence-electron chi connectivity index (χ4n) is 1.32. The maximum atomic E-state index is 5.27. The molecule has 0 atom stereocenters. The van der Waals surface area contributed by atoms with Crippen molar-refractivity contribution in [1.29, 1.82) is 0 Å². The highest BCUT2D eigenvalue weighted by molar-refractivity contribution is 7.07. The first kappa shape index (κ1) is 14.0. The molecule has 0 saturated carbocycles. The van der Waals surface area contributed by atoms with Crippen LogP contribution in [-0.4, -0.2) is 32.8 Å². The molecule has 0 unspecified atom stereocenters. The lowest BCUT2D eigenvalue weighted by molar-refractivity contribution is 0.145. The second-order valence-electron chi connectivity index (χ2n) is 3.53. The predicted molar refractivity (Wildman–Crippen MR) is 73.6 cm³/mol. The molecule has 0 aromatic carbocycles. The lowest BCUT2D eigenvalue weighted by Gasteiger charge is -2.11. The van der Waals surface area contributed by atoms with E-state index in [1.54, 1.807) is 18.4 Å². The van der Waals surface area contributed by atoms with E-state index >= 15 is 0 Å². The molecular formula is C12H21N3OS. The third-order valence-electron chi connectivity index (χ3n) is 2.23. The average Bonchev–Trinajstić information content (AvgIpc) is 2.86. The molecular weight excluding hydrogens is 234 g/mol. The first-order valence-electron chi connectivity index (χ1n) is 5.90. The van der Waals surface area contributed by atoms with Crippen LogP contribution in [0, 0.1) is 0 Å². The van der Waals surface area contributed by atoms with Crippen molar-refractivity contribution in [3.05, 3.63) is 22.4 Å². The van der Waals surface area contributed by atoms with Gasteiger partial charge in [0, 0.05) is 33.4 Å². The van der Waals surface area contributed by atoms with E-state index in [1.165, 1.54) is 5.56 Å². The van der Waals surface area contributed by atoms with Crippen LogP contribution in [0.25, 0.3) is 0 Å². The Morgan fingerprint density at radius 3 is 3.00 bits per heavy atom. The molecule has 17 heavy (non-hydrogen) atoms. The quantitative estimate of drug-likeness (QED) is 0.444. The number of rotatable bonds is 7. The van der Waals surface area contributed by atoms with Gasteiger partial charge in [0.25, 0.3) is 0 Å². The Kier molecular flexibility index (Phi) is 7.42. The molecule has 1 aromatic rings. The van der Waals surface area contributed by atoms with Crippen LogP contribution in [0.5, 0.6) is 0 Å². The van der Waals surface area contributed by atoms with Crippen molar-refractivity contribution in [2.75, 3.05) is 26.8 Å². The third-order valence-corrected chi connectivity index (χ3v) is 2.96. The number of nitrogens with one attached hydrogen (secondary N) is 2. The smallest absolute Gasteiger partial charge is 0.191 e. The van der Waals surface area contributed by atoms with Gasteiger partial charge < -0.3 is 15.4 Å². The van der Waals surface area contributed by atoms with E-state index in [0.29, 0.717) is 0 Å². The van der Waals surface area contributed by atoms with Crippen molar-refractivity contribution < 1.29 is 4.74 Å². The minimum Gasteiger partial charge on any atom is -0.382 e. The van der Waals surface area contributed by atoms with Crippen molar-refractivity contribution in [3.8, 4) is 0 Å². The molecule has 0 spiro atoms. The summed E-state index contributed by atoms with van der Waals surface area (Å²) in [5.74, 6) is 0.840. The fourth-order valence-corrected chi connectivity index (χ4v) is 1.99. The van der Waals surface area contributed by atoms with Crippen LogP contribution in [0.1, 0.15) is 18.9 Å². The zero-order valence-electron chi connectivity index (χ0n) is 10.5. The maximum Gasteiger partial charge on any atom is 0.191 e. The molecule has 0 aliphatic heterocycles. The number of hydrogen-bond acceptors (Lipinski definition) is 3. The zero-order chi connectivity index (χ0) is 12.3. The Morgan fingerprint density at radius 2 is 2.35 bits per heavy atom. The molecule has 4 nitrogen and oxygen atoms in total. The average molecular weight is 255 g/mol. The Bertz CT molecular complexity index is 312. The first-order valence-corrected chi connectivity index (χ1v) is 6.84. The molecule has 0 amide bonds. The summed E-state index contributed by atoms with van der Waals surface area (Å²) in [6.07, 6.45) is 0.993. The number of aliphatic imine (C=N–C) groups is 1. The van der Waals surface area contributed by atoms with E-state index in [9.17, 15) is 0 Å². The van der Waals surface area contributed by atoms with Gasteiger partial charge in [-0.15, -0.1) is 0 Å². The van der Waals surface area contributed by atoms with E-state index in [4.69, 9.17) is 4.74 Å². The summed E-state index contributed by atoms with van der Waals surface area (Å²) >= 11 is 1.71. The Balaban J connectivity index is 2.12. The van der Waals surface area contributed by atoms with E-state index in [2.05, 4.69) is 32.5 Å². The largest absolute Gasteiger partial charge is 0.382 e. The zero-order valence-corrected chi connectivity index (χ0v) is 11.3. The van der Waals surface area contributed by atoms with Crippen molar-refractivity contribution in [3.63, 3.8) is 0 Å². The van der Waals surface area contributed by atoms with Gasteiger partial charge in [0.1, 0.15) is 0 Å². The Labute approximate surface area is 107 Å². The van der Waals surface area contributed by atoms with Crippen LogP contribution in [-0.2, 0) is 11.3 Å². The number of hydrogen-bond donors (Lipinski definition) is 2. The summed E-state index contributed by atoms with van der Waals surface area (Å²) in [4.78, 5) is 4.16. The summed E-state index contributed by atoms with van der Waals surface area (Å²) < 4.78 is 5.27. The molecule has 0 aliphatic carbocycles. The van der Waals surface area contributed by atoms with E-state index in [-0.39, 0.29) is 0 Å². The molecule has 1 aromatic heterocycles. The minimum absolute atomic E-state index is 0.783. The first-order chi connectivity index (χ1) is 8.36. The monoisotopic (exact) mass is 255 g/mol. The fraction of sp³-hybridized carbons (Fsp3) is 0.583.